The van der Waals surface area contributed by atoms with Crippen LogP contribution in [-0.2, 0) is 7.05 Å². The fraction of sp³-hybridized carbons (Fsp3) is 0.0667. The number of fused-ring (bicyclic) bond motifs is 1. The summed E-state index contributed by atoms with van der Waals surface area (Å²) >= 11 is 0. The summed E-state index contributed by atoms with van der Waals surface area (Å²) in [6.07, 6.45) is 0. The van der Waals surface area contributed by atoms with Gasteiger partial charge in [0.05, 0.1) is 0 Å². The molecule has 0 saturated carbocycles. The Morgan fingerprint density at radius 3 is 2.62 bits per heavy atom. The summed E-state index contributed by atoms with van der Waals surface area (Å²) in [5.74, 6) is 0. The molecule has 3 aromatic rings. The van der Waals surface area contributed by atoms with E-state index in [1.165, 1.54) is 22.2 Å². The summed E-state index contributed by atoms with van der Waals surface area (Å²) in [5, 5.41) is 1.26. The molecule has 1 aromatic heterocycles. The lowest BCUT2D eigenvalue weighted by molar-refractivity contribution is 0.978. The van der Waals surface area contributed by atoms with Gasteiger partial charge in [0.25, 0.3) is 0 Å². The third kappa shape index (κ3) is 1.33. The van der Waals surface area contributed by atoms with E-state index in [1.54, 1.807) is 0 Å². The van der Waals surface area contributed by atoms with E-state index in [0.717, 1.165) is 0 Å². The zero-order valence-electron chi connectivity index (χ0n) is 9.14. The number of aryl methyl sites for hydroxylation is 1. The highest BCUT2D eigenvalue weighted by atomic mass is 14.9. The lowest BCUT2D eigenvalue weighted by Crippen LogP contribution is -1.90. The number of benzene rings is 2. The van der Waals surface area contributed by atoms with E-state index in [0.29, 0.717) is 0 Å². The molecule has 2 aromatic carbocycles. The van der Waals surface area contributed by atoms with Crippen LogP contribution in [0.2, 0.25) is 0 Å². The van der Waals surface area contributed by atoms with Crippen LogP contribution in [-0.4, -0.2) is 4.57 Å². The molecule has 3 rings (SSSR count). The molecule has 0 spiro atoms. The van der Waals surface area contributed by atoms with E-state index in [2.05, 4.69) is 54.1 Å². The van der Waals surface area contributed by atoms with Crippen LogP contribution in [0.25, 0.3) is 22.2 Å². The number of hydrogen-bond donors (Lipinski definition) is 0. The summed E-state index contributed by atoms with van der Waals surface area (Å²) in [4.78, 5) is 0. The summed E-state index contributed by atoms with van der Waals surface area (Å²) < 4.78 is 2.21. The Labute approximate surface area is 95.0 Å². The summed E-state index contributed by atoms with van der Waals surface area (Å²) in [5.41, 5.74) is 3.72. The van der Waals surface area contributed by atoms with E-state index < -0.39 is 0 Å². The fourth-order valence-corrected chi connectivity index (χ4v) is 2.11. The fourth-order valence-electron chi connectivity index (χ4n) is 2.11. The van der Waals surface area contributed by atoms with Gasteiger partial charge in [-0.1, -0.05) is 42.5 Å². The van der Waals surface area contributed by atoms with Crippen molar-refractivity contribution < 1.29 is 0 Å². The Hall–Kier alpha value is -2.02. The number of rotatable bonds is 1. The number of hydrogen-bond acceptors (Lipinski definition) is 0. The Kier molecular flexibility index (Phi) is 2.03. The van der Waals surface area contributed by atoms with Crippen molar-refractivity contribution in [3.8, 4) is 11.3 Å². The largest absolute Gasteiger partial charge is 0.344 e. The van der Waals surface area contributed by atoms with Gasteiger partial charge >= 0.3 is 0 Å². The molecule has 0 amide bonds. The first kappa shape index (κ1) is 9.22. The third-order valence-corrected chi connectivity index (χ3v) is 2.96. The van der Waals surface area contributed by atoms with Crippen molar-refractivity contribution in [3.63, 3.8) is 0 Å². The maximum Gasteiger partial charge on any atom is 0.0488 e. The van der Waals surface area contributed by atoms with Crippen molar-refractivity contribution in [3.05, 3.63) is 60.7 Å². The van der Waals surface area contributed by atoms with Crippen LogP contribution in [0.1, 0.15) is 0 Å². The lowest BCUT2D eigenvalue weighted by atomic mass is 10.1. The van der Waals surface area contributed by atoms with Crippen LogP contribution in [0.3, 0.4) is 0 Å². The maximum absolute atomic E-state index is 3.12. The molecule has 1 nitrogen and oxygen atoms in total. The summed E-state index contributed by atoms with van der Waals surface area (Å²) in [6, 6.07) is 21.9. The normalized spacial score (nSPS) is 10.8. The van der Waals surface area contributed by atoms with Crippen LogP contribution in [0.5, 0.6) is 0 Å². The van der Waals surface area contributed by atoms with Gasteiger partial charge in [0.1, 0.15) is 0 Å². The molecule has 0 fully saturated rings. The Morgan fingerprint density at radius 2 is 1.88 bits per heavy atom. The van der Waals surface area contributed by atoms with Gasteiger partial charge in [0, 0.05) is 23.6 Å². The molecule has 16 heavy (non-hydrogen) atoms. The predicted molar refractivity (Wildman–Crippen MR) is 67.2 cm³/mol. The SMILES string of the molecule is Cn1c(-c2ccccc2)cc2cc[c]cc21. The van der Waals surface area contributed by atoms with E-state index >= 15 is 0 Å². The van der Waals surface area contributed by atoms with Gasteiger partial charge in [-0.3, -0.25) is 0 Å². The molecule has 0 aliphatic rings. The molecular weight excluding hydrogens is 194 g/mol. The molecule has 1 heteroatoms. The second kappa shape index (κ2) is 3.53. The van der Waals surface area contributed by atoms with Crippen LogP contribution >= 0.6 is 0 Å². The van der Waals surface area contributed by atoms with Gasteiger partial charge in [-0.2, -0.15) is 0 Å². The maximum atomic E-state index is 3.12. The zero-order chi connectivity index (χ0) is 11.0. The summed E-state index contributed by atoms with van der Waals surface area (Å²) in [6.45, 7) is 0. The van der Waals surface area contributed by atoms with Crippen LogP contribution in [0.15, 0.2) is 54.6 Å². The number of aromatic nitrogens is 1. The molecule has 1 heterocycles. The first-order valence-electron chi connectivity index (χ1n) is 5.37. The van der Waals surface area contributed by atoms with Crippen molar-refractivity contribution in [1.82, 2.24) is 4.57 Å². The second-order valence-corrected chi connectivity index (χ2v) is 3.94. The molecule has 0 unspecified atom stereocenters. The van der Waals surface area contributed by atoms with Gasteiger partial charge in [-0.05, 0) is 23.8 Å². The average molecular weight is 206 g/mol. The Balaban J connectivity index is 2.29. The van der Waals surface area contributed by atoms with Crippen molar-refractivity contribution >= 4 is 10.9 Å². The average Bonchev–Trinajstić information content (AvgIpc) is 2.69. The van der Waals surface area contributed by atoms with Crippen molar-refractivity contribution in [2.75, 3.05) is 0 Å². The zero-order valence-corrected chi connectivity index (χ0v) is 9.14. The van der Waals surface area contributed by atoms with E-state index in [9.17, 15) is 0 Å². The van der Waals surface area contributed by atoms with Gasteiger partial charge in [0.2, 0.25) is 0 Å². The van der Waals surface area contributed by atoms with Crippen molar-refractivity contribution in [2.45, 2.75) is 0 Å². The topological polar surface area (TPSA) is 4.93 Å². The highest BCUT2D eigenvalue weighted by Crippen LogP contribution is 2.26. The minimum absolute atomic E-state index is 1.22. The van der Waals surface area contributed by atoms with Crippen LogP contribution in [0, 0.1) is 6.07 Å². The minimum Gasteiger partial charge on any atom is -0.344 e. The molecule has 0 atom stereocenters. The third-order valence-electron chi connectivity index (χ3n) is 2.96. The summed E-state index contributed by atoms with van der Waals surface area (Å²) in [7, 11) is 2.10. The predicted octanol–water partition coefficient (Wildman–Crippen LogP) is 3.65. The van der Waals surface area contributed by atoms with E-state index in [4.69, 9.17) is 0 Å². The monoisotopic (exact) mass is 206 g/mol. The smallest absolute Gasteiger partial charge is 0.0488 e. The molecule has 1 radical (unpaired) electrons. The highest BCUT2D eigenvalue weighted by molar-refractivity contribution is 5.86. The van der Waals surface area contributed by atoms with E-state index in [-0.39, 0.29) is 0 Å². The quantitative estimate of drug-likeness (QED) is 0.572. The first-order chi connectivity index (χ1) is 7.86. The molecule has 77 valence electrons. The Morgan fingerprint density at radius 1 is 1.06 bits per heavy atom. The van der Waals surface area contributed by atoms with Gasteiger partial charge in [0.15, 0.2) is 0 Å². The van der Waals surface area contributed by atoms with E-state index in [1.807, 2.05) is 18.2 Å². The highest BCUT2D eigenvalue weighted by Gasteiger charge is 2.05. The van der Waals surface area contributed by atoms with Crippen LogP contribution in [0.4, 0.5) is 0 Å². The lowest BCUT2D eigenvalue weighted by Gasteiger charge is -2.03. The molecule has 0 aliphatic heterocycles. The van der Waals surface area contributed by atoms with Gasteiger partial charge in [-0.25, -0.2) is 0 Å². The molecule has 0 saturated heterocycles. The first-order valence-corrected chi connectivity index (χ1v) is 5.37. The standard InChI is InChI=1S/C15H12N/c1-16-14-10-6-5-9-13(14)11-15(16)12-7-3-2-4-8-12/h2-5,7-11H,1H3. The van der Waals surface area contributed by atoms with Crippen molar-refractivity contribution in [2.24, 2.45) is 7.05 Å². The van der Waals surface area contributed by atoms with Gasteiger partial charge < -0.3 is 4.57 Å². The van der Waals surface area contributed by atoms with Gasteiger partial charge in [-0.15, -0.1) is 0 Å². The number of nitrogens with zero attached hydrogens (tertiary/aromatic N) is 1. The van der Waals surface area contributed by atoms with Crippen molar-refractivity contribution in [1.29, 1.82) is 0 Å². The molecule has 0 bridgehead atoms. The second-order valence-electron chi connectivity index (χ2n) is 3.94. The molecule has 0 N–H and O–H groups in total. The minimum atomic E-state index is 1.22. The molecular formula is C15H12N. The molecule has 0 aliphatic carbocycles. The Bertz CT molecular complexity index is 620. The van der Waals surface area contributed by atoms with Crippen LogP contribution < -0.4 is 0 Å².